The van der Waals surface area contributed by atoms with Crippen molar-refractivity contribution in [1.29, 1.82) is 0 Å². The fourth-order valence-electron chi connectivity index (χ4n) is 2.99. The number of benzene rings is 2. The fraction of sp³-hybridized carbons (Fsp3) is 0.227. The van der Waals surface area contributed by atoms with Gasteiger partial charge in [-0.25, -0.2) is 0 Å². The summed E-state index contributed by atoms with van der Waals surface area (Å²) < 4.78 is 11.2. The van der Waals surface area contributed by atoms with Gasteiger partial charge in [0.25, 0.3) is 5.91 Å². The third-order valence-electron chi connectivity index (χ3n) is 4.57. The summed E-state index contributed by atoms with van der Waals surface area (Å²) in [6, 6.07) is 17.1. The Labute approximate surface area is 167 Å². The average molecular weight is 395 g/mol. The number of carbonyl (C=O) groups excluding carboxylic acids is 1. The number of hydrogen-bond acceptors (Lipinski definition) is 5. The van der Waals surface area contributed by atoms with E-state index in [0.29, 0.717) is 18.1 Å². The summed E-state index contributed by atoms with van der Waals surface area (Å²) in [6.45, 7) is 3.26. The predicted octanol–water partition coefficient (Wildman–Crippen LogP) is 3.96. The van der Waals surface area contributed by atoms with Gasteiger partial charge in [0.2, 0.25) is 0 Å². The molecule has 0 spiro atoms. The van der Waals surface area contributed by atoms with Crippen molar-refractivity contribution in [2.45, 2.75) is 13.0 Å². The number of fused-ring (bicyclic) bond motifs is 1. The van der Waals surface area contributed by atoms with E-state index in [1.54, 1.807) is 6.07 Å². The zero-order chi connectivity index (χ0) is 19.5. The number of thiophene rings is 1. The molecule has 2 aromatic carbocycles. The van der Waals surface area contributed by atoms with E-state index in [9.17, 15) is 9.90 Å². The lowest BCUT2D eigenvalue weighted by atomic mass is 10.1. The Bertz CT molecular complexity index is 980. The van der Waals surface area contributed by atoms with E-state index in [2.05, 4.69) is 5.32 Å². The smallest absolute Gasteiger partial charge is 0.261 e. The molecule has 6 heteroatoms. The molecule has 2 heterocycles. The number of aryl methyl sites for hydroxylation is 1. The van der Waals surface area contributed by atoms with Gasteiger partial charge < -0.3 is 19.9 Å². The largest absolute Gasteiger partial charge is 0.486 e. The molecule has 1 atom stereocenters. The lowest BCUT2D eigenvalue weighted by Gasteiger charge is -2.18. The second-order valence-electron chi connectivity index (χ2n) is 6.66. The van der Waals surface area contributed by atoms with Crippen molar-refractivity contribution in [3.63, 3.8) is 0 Å². The molecule has 0 saturated heterocycles. The van der Waals surface area contributed by atoms with Crippen LogP contribution in [0.5, 0.6) is 11.5 Å². The monoisotopic (exact) mass is 395 g/mol. The molecular formula is C22H21NO4S. The molecule has 0 bridgehead atoms. The summed E-state index contributed by atoms with van der Waals surface area (Å²) in [5, 5.41) is 13.1. The van der Waals surface area contributed by atoms with Crippen molar-refractivity contribution >= 4 is 17.2 Å². The van der Waals surface area contributed by atoms with Crippen LogP contribution < -0.4 is 14.8 Å². The van der Waals surface area contributed by atoms with Crippen LogP contribution >= 0.6 is 11.3 Å². The molecule has 0 aliphatic carbocycles. The standard InChI is InChI=1S/C22H21NO4S/c1-14-2-4-15(5-3-14)17(24)13-23-22(25)21-9-8-20(28-21)16-6-7-18-19(12-16)27-11-10-26-18/h2-9,12,17,24H,10-11,13H2,1H3,(H,23,25)/t17-/m0/s1. The van der Waals surface area contributed by atoms with Gasteiger partial charge in [0.05, 0.1) is 11.0 Å². The van der Waals surface area contributed by atoms with Gasteiger partial charge in [-0.15, -0.1) is 11.3 Å². The van der Waals surface area contributed by atoms with E-state index in [-0.39, 0.29) is 12.5 Å². The van der Waals surface area contributed by atoms with Crippen LogP contribution in [0.1, 0.15) is 26.9 Å². The van der Waals surface area contributed by atoms with E-state index in [1.165, 1.54) is 11.3 Å². The van der Waals surface area contributed by atoms with Gasteiger partial charge in [-0.1, -0.05) is 29.8 Å². The van der Waals surface area contributed by atoms with Crippen LogP contribution in [0.3, 0.4) is 0 Å². The maximum Gasteiger partial charge on any atom is 0.261 e. The van der Waals surface area contributed by atoms with Crippen molar-refractivity contribution in [3.05, 3.63) is 70.6 Å². The minimum atomic E-state index is -0.734. The van der Waals surface area contributed by atoms with Crippen LogP contribution in [0.25, 0.3) is 10.4 Å². The molecule has 1 amide bonds. The Kier molecular flexibility index (Phi) is 5.32. The SMILES string of the molecule is Cc1ccc([C@@H](O)CNC(=O)c2ccc(-c3ccc4c(c3)OCCO4)s2)cc1. The van der Waals surface area contributed by atoms with Gasteiger partial charge in [0.15, 0.2) is 11.5 Å². The topological polar surface area (TPSA) is 67.8 Å². The van der Waals surface area contributed by atoms with Crippen LogP contribution in [-0.2, 0) is 0 Å². The highest BCUT2D eigenvalue weighted by molar-refractivity contribution is 7.17. The molecular weight excluding hydrogens is 374 g/mol. The average Bonchev–Trinajstić information content (AvgIpc) is 3.22. The number of carbonyl (C=O) groups is 1. The minimum Gasteiger partial charge on any atom is -0.486 e. The van der Waals surface area contributed by atoms with E-state index in [1.807, 2.05) is 55.5 Å². The quantitative estimate of drug-likeness (QED) is 0.686. The summed E-state index contributed by atoms with van der Waals surface area (Å²) in [7, 11) is 0. The molecule has 1 aromatic heterocycles. The van der Waals surface area contributed by atoms with Crippen LogP contribution in [0, 0.1) is 6.92 Å². The zero-order valence-corrected chi connectivity index (χ0v) is 16.3. The molecule has 0 fully saturated rings. The van der Waals surface area contributed by atoms with E-state index in [0.717, 1.165) is 33.1 Å². The maximum absolute atomic E-state index is 12.5. The second-order valence-corrected chi connectivity index (χ2v) is 7.74. The number of aliphatic hydroxyl groups excluding tert-OH is 1. The van der Waals surface area contributed by atoms with Crippen molar-refractivity contribution in [2.24, 2.45) is 0 Å². The van der Waals surface area contributed by atoms with Gasteiger partial charge in [-0.2, -0.15) is 0 Å². The van der Waals surface area contributed by atoms with Gasteiger partial charge in [-0.05, 0) is 48.4 Å². The van der Waals surface area contributed by atoms with E-state index < -0.39 is 6.10 Å². The lowest BCUT2D eigenvalue weighted by Crippen LogP contribution is -2.27. The number of nitrogens with one attached hydrogen (secondary N) is 1. The predicted molar refractivity (Wildman–Crippen MR) is 109 cm³/mol. The van der Waals surface area contributed by atoms with Crippen LogP contribution in [0.15, 0.2) is 54.6 Å². The molecule has 0 unspecified atom stereocenters. The molecule has 28 heavy (non-hydrogen) atoms. The highest BCUT2D eigenvalue weighted by Crippen LogP contribution is 2.36. The number of amides is 1. The van der Waals surface area contributed by atoms with Crippen molar-refractivity contribution in [3.8, 4) is 21.9 Å². The summed E-state index contributed by atoms with van der Waals surface area (Å²) >= 11 is 1.40. The number of hydrogen-bond donors (Lipinski definition) is 2. The second kappa shape index (κ2) is 8.04. The van der Waals surface area contributed by atoms with Gasteiger partial charge >= 0.3 is 0 Å². The summed E-state index contributed by atoms with van der Waals surface area (Å²) in [5.74, 6) is 1.28. The maximum atomic E-state index is 12.5. The third-order valence-corrected chi connectivity index (χ3v) is 5.71. The summed E-state index contributed by atoms with van der Waals surface area (Å²) in [4.78, 5) is 14.0. The molecule has 5 nitrogen and oxygen atoms in total. The van der Waals surface area contributed by atoms with Crippen LogP contribution in [0.2, 0.25) is 0 Å². The highest BCUT2D eigenvalue weighted by Gasteiger charge is 2.16. The number of aliphatic hydroxyl groups is 1. The van der Waals surface area contributed by atoms with Gasteiger partial charge in [0, 0.05) is 11.4 Å². The summed E-state index contributed by atoms with van der Waals surface area (Å²) in [5.41, 5.74) is 2.90. The lowest BCUT2D eigenvalue weighted by molar-refractivity contribution is 0.0920. The van der Waals surface area contributed by atoms with Crippen molar-refractivity contribution in [2.75, 3.05) is 19.8 Å². The first-order valence-electron chi connectivity index (χ1n) is 9.13. The molecule has 0 saturated carbocycles. The van der Waals surface area contributed by atoms with Crippen LogP contribution in [0.4, 0.5) is 0 Å². The number of rotatable bonds is 5. The normalized spacial score (nSPS) is 13.8. The Morgan fingerprint density at radius 2 is 1.82 bits per heavy atom. The van der Waals surface area contributed by atoms with Crippen molar-refractivity contribution < 1.29 is 19.4 Å². The molecule has 4 rings (SSSR count). The zero-order valence-electron chi connectivity index (χ0n) is 15.5. The molecule has 1 aliphatic heterocycles. The Morgan fingerprint density at radius 1 is 1.07 bits per heavy atom. The third kappa shape index (κ3) is 4.03. The van der Waals surface area contributed by atoms with E-state index >= 15 is 0 Å². The fourth-order valence-corrected chi connectivity index (χ4v) is 3.91. The molecule has 0 radical (unpaired) electrons. The first-order chi connectivity index (χ1) is 13.6. The minimum absolute atomic E-state index is 0.166. The molecule has 1 aliphatic rings. The van der Waals surface area contributed by atoms with Gasteiger partial charge in [-0.3, -0.25) is 4.79 Å². The van der Waals surface area contributed by atoms with Crippen molar-refractivity contribution in [1.82, 2.24) is 5.32 Å². The van der Waals surface area contributed by atoms with E-state index in [4.69, 9.17) is 9.47 Å². The highest BCUT2D eigenvalue weighted by atomic mass is 32.1. The Balaban J connectivity index is 1.41. The Hall–Kier alpha value is -2.83. The molecule has 2 N–H and O–H groups in total. The first-order valence-corrected chi connectivity index (χ1v) is 9.94. The summed E-state index contributed by atoms with van der Waals surface area (Å²) in [6.07, 6.45) is -0.734. The van der Waals surface area contributed by atoms with Crippen LogP contribution in [-0.4, -0.2) is 30.8 Å². The van der Waals surface area contributed by atoms with Gasteiger partial charge in [0.1, 0.15) is 13.2 Å². The molecule has 3 aromatic rings. The Morgan fingerprint density at radius 3 is 2.61 bits per heavy atom. The first kappa shape index (κ1) is 18.5. The molecule has 144 valence electrons. The number of ether oxygens (including phenoxy) is 2.